The zero-order valence-electron chi connectivity index (χ0n) is 23.2. The molecule has 0 spiro atoms. The summed E-state index contributed by atoms with van der Waals surface area (Å²) in [5.74, 6) is -0.699. The lowest BCUT2D eigenvalue weighted by molar-refractivity contribution is -0.140. The molecule has 3 amide bonds. The second-order valence-corrected chi connectivity index (χ2v) is 10.9. The zero-order chi connectivity index (χ0) is 28.7. The summed E-state index contributed by atoms with van der Waals surface area (Å²) in [6, 6.07) is 21.0. The molecule has 1 aromatic heterocycles. The number of hydrogen-bond acceptors (Lipinski definition) is 6. The first-order valence-electron chi connectivity index (χ1n) is 13.5. The highest BCUT2D eigenvalue weighted by Crippen LogP contribution is 2.31. The summed E-state index contributed by atoms with van der Waals surface area (Å²) in [5, 5.41) is 5.79. The van der Waals surface area contributed by atoms with Gasteiger partial charge in [0.2, 0.25) is 11.8 Å². The lowest BCUT2D eigenvalue weighted by atomic mass is 9.84. The maximum Gasteiger partial charge on any atom is 0.408 e. The number of nitrogen functional groups attached to an aromatic ring is 1. The molecule has 210 valence electrons. The number of carbonyl (C=O) groups excluding carboxylic acids is 3. The van der Waals surface area contributed by atoms with Gasteiger partial charge in [-0.15, -0.1) is 0 Å². The van der Waals surface area contributed by atoms with Crippen molar-refractivity contribution in [1.29, 1.82) is 0 Å². The van der Waals surface area contributed by atoms with Crippen LogP contribution in [0, 0.1) is 0 Å². The molecule has 1 fully saturated rings. The van der Waals surface area contributed by atoms with E-state index in [-0.39, 0.29) is 18.4 Å². The molecule has 0 saturated carbocycles. The van der Waals surface area contributed by atoms with E-state index in [4.69, 9.17) is 10.5 Å². The van der Waals surface area contributed by atoms with E-state index in [0.29, 0.717) is 25.2 Å². The standard InChI is InChI=1S/C31H37N5O4/c1-31(2,3)40-30(39)35-27(26(22-11-6-4-7-12-22)23-13-8-5-9-14-23)29(38)36-18-10-15-24(36)28(37)34-20-21-16-17-25(32)33-19-21/h4-9,11-14,16-17,19,24,26-27H,10,15,18,20H2,1-3H3,(H2,32,33)(H,34,37)(H,35,39)/t24-,27?/m0/s1. The minimum Gasteiger partial charge on any atom is -0.444 e. The van der Waals surface area contributed by atoms with Gasteiger partial charge in [0, 0.05) is 25.2 Å². The molecule has 1 unspecified atom stereocenters. The number of aromatic nitrogens is 1. The largest absolute Gasteiger partial charge is 0.444 e. The molecule has 0 aliphatic carbocycles. The van der Waals surface area contributed by atoms with E-state index in [2.05, 4.69) is 15.6 Å². The van der Waals surface area contributed by atoms with E-state index in [1.807, 2.05) is 60.7 Å². The first-order valence-corrected chi connectivity index (χ1v) is 13.5. The van der Waals surface area contributed by atoms with Crippen molar-refractivity contribution in [2.45, 2.75) is 63.8 Å². The molecule has 4 rings (SSSR count). The summed E-state index contributed by atoms with van der Waals surface area (Å²) in [7, 11) is 0. The molecule has 0 bridgehead atoms. The first-order chi connectivity index (χ1) is 19.1. The summed E-state index contributed by atoms with van der Waals surface area (Å²) in [4.78, 5) is 46.3. The number of nitrogens with two attached hydrogens (primary N) is 1. The number of nitrogens with one attached hydrogen (secondary N) is 2. The van der Waals surface area contributed by atoms with E-state index >= 15 is 0 Å². The quantitative estimate of drug-likeness (QED) is 0.394. The minimum absolute atomic E-state index is 0.255. The van der Waals surface area contributed by atoms with Crippen LogP contribution in [0.4, 0.5) is 10.6 Å². The van der Waals surface area contributed by atoms with Crippen molar-refractivity contribution in [1.82, 2.24) is 20.5 Å². The van der Waals surface area contributed by atoms with Crippen LogP contribution in [0.3, 0.4) is 0 Å². The third-order valence-corrected chi connectivity index (χ3v) is 6.74. The average Bonchev–Trinajstić information content (AvgIpc) is 3.42. The van der Waals surface area contributed by atoms with E-state index < -0.39 is 29.7 Å². The second kappa shape index (κ2) is 12.6. The molecule has 3 aromatic rings. The Bertz CT molecular complexity index is 1250. The summed E-state index contributed by atoms with van der Waals surface area (Å²) in [6.45, 7) is 5.98. The van der Waals surface area contributed by atoms with Crippen LogP contribution in [-0.4, -0.2) is 52.0 Å². The normalized spacial score (nSPS) is 15.9. The van der Waals surface area contributed by atoms with Crippen LogP contribution < -0.4 is 16.4 Å². The van der Waals surface area contributed by atoms with E-state index in [9.17, 15) is 14.4 Å². The van der Waals surface area contributed by atoms with Crippen molar-refractivity contribution >= 4 is 23.7 Å². The Morgan fingerprint density at radius 1 is 1.00 bits per heavy atom. The monoisotopic (exact) mass is 543 g/mol. The van der Waals surface area contributed by atoms with Gasteiger partial charge in [-0.2, -0.15) is 0 Å². The van der Waals surface area contributed by atoms with Gasteiger partial charge in [0.15, 0.2) is 0 Å². The molecule has 9 heteroatoms. The average molecular weight is 544 g/mol. The number of amides is 3. The van der Waals surface area contributed by atoms with Crippen LogP contribution in [0.5, 0.6) is 0 Å². The highest BCUT2D eigenvalue weighted by molar-refractivity contribution is 5.93. The number of likely N-dealkylation sites (tertiary alicyclic amines) is 1. The molecular formula is C31H37N5O4. The lowest BCUT2D eigenvalue weighted by Crippen LogP contribution is -2.56. The molecule has 9 nitrogen and oxygen atoms in total. The van der Waals surface area contributed by atoms with Crippen LogP contribution in [-0.2, 0) is 20.9 Å². The van der Waals surface area contributed by atoms with E-state index in [0.717, 1.165) is 16.7 Å². The van der Waals surface area contributed by atoms with E-state index in [1.165, 1.54) is 0 Å². The molecule has 0 radical (unpaired) electrons. The molecule has 4 N–H and O–H groups in total. The van der Waals surface area contributed by atoms with Gasteiger partial charge < -0.3 is 26.0 Å². The number of ether oxygens (including phenoxy) is 1. The van der Waals surface area contributed by atoms with Gasteiger partial charge in [0.25, 0.3) is 0 Å². The summed E-state index contributed by atoms with van der Waals surface area (Å²) >= 11 is 0. The fourth-order valence-corrected chi connectivity index (χ4v) is 4.95. The van der Waals surface area contributed by atoms with Crippen molar-refractivity contribution in [3.8, 4) is 0 Å². The highest BCUT2D eigenvalue weighted by Gasteiger charge is 2.42. The Morgan fingerprint density at radius 2 is 1.62 bits per heavy atom. The predicted octanol–water partition coefficient (Wildman–Crippen LogP) is 4.00. The summed E-state index contributed by atoms with van der Waals surface area (Å²) in [5.41, 5.74) is 7.43. The number of benzene rings is 2. The Kier molecular flexibility index (Phi) is 9.04. The number of nitrogens with zero attached hydrogens (tertiary/aromatic N) is 2. The van der Waals surface area contributed by atoms with Crippen molar-refractivity contribution in [2.75, 3.05) is 12.3 Å². The number of alkyl carbamates (subject to hydrolysis) is 1. The number of anilines is 1. The number of pyridine rings is 1. The highest BCUT2D eigenvalue weighted by atomic mass is 16.6. The zero-order valence-corrected chi connectivity index (χ0v) is 23.2. The number of hydrogen-bond donors (Lipinski definition) is 3. The fourth-order valence-electron chi connectivity index (χ4n) is 4.95. The Hall–Kier alpha value is -4.40. The van der Waals surface area contributed by atoms with Gasteiger partial charge in [-0.3, -0.25) is 9.59 Å². The first kappa shape index (κ1) is 28.6. The molecule has 1 saturated heterocycles. The Balaban J connectivity index is 1.63. The molecule has 1 aliphatic heterocycles. The SMILES string of the molecule is CC(C)(C)OC(=O)NC(C(=O)N1CCC[C@H]1C(=O)NCc1ccc(N)nc1)C(c1ccccc1)c1ccccc1. The maximum atomic E-state index is 14.3. The third kappa shape index (κ3) is 7.37. The molecule has 2 heterocycles. The van der Waals surface area contributed by atoms with Gasteiger partial charge in [-0.05, 0) is 56.4 Å². The molecular weight excluding hydrogens is 506 g/mol. The summed E-state index contributed by atoms with van der Waals surface area (Å²) in [6.07, 6.45) is 2.11. The fraction of sp³-hybridized carbons (Fsp3) is 0.355. The second-order valence-electron chi connectivity index (χ2n) is 10.9. The van der Waals surface area contributed by atoms with Crippen LogP contribution >= 0.6 is 0 Å². The van der Waals surface area contributed by atoms with Crippen molar-refractivity contribution in [3.05, 3.63) is 95.7 Å². The third-order valence-electron chi connectivity index (χ3n) is 6.74. The van der Waals surface area contributed by atoms with Gasteiger partial charge in [-0.1, -0.05) is 66.7 Å². The van der Waals surface area contributed by atoms with Gasteiger partial charge in [0.05, 0.1) is 0 Å². The van der Waals surface area contributed by atoms with Crippen LogP contribution in [0.15, 0.2) is 79.0 Å². The lowest BCUT2D eigenvalue weighted by Gasteiger charge is -2.34. The van der Waals surface area contributed by atoms with E-state index in [1.54, 1.807) is 44.0 Å². The smallest absolute Gasteiger partial charge is 0.408 e. The predicted molar refractivity (Wildman–Crippen MR) is 153 cm³/mol. The molecule has 2 atom stereocenters. The van der Waals surface area contributed by atoms with Gasteiger partial charge in [0.1, 0.15) is 23.5 Å². The molecule has 40 heavy (non-hydrogen) atoms. The van der Waals surface area contributed by atoms with Crippen LogP contribution in [0.1, 0.15) is 56.2 Å². The Morgan fingerprint density at radius 3 is 2.17 bits per heavy atom. The number of carbonyl (C=O) groups is 3. The van der Waals surface area contributed by atoms with Crippen molar-refractivity contribution in [2.24, 2.45) is 0 Å². The van der Waals surface area contributed by atoms with Gasteiger partial charge in [-0.25, -0.2) is 9.78 Å². The maximum absolute atomic E-state index is 14.3. The van der Waals surface area contributed by atoms with Crippen molar-refractivity contribution in [3.63, 3.8) is 0 Å². The molecule has 1 aliphatic rings. The summed E-state index contributed by atoms with van der Waals surface area (Å²) < 4.78 is 5.56. The molecule has 2 aromatic carbocycles. The number of rotatable bonds is 8. The topological polar surface area (TPSA) is 127 Å². The minimum atomic E-state index is -1.01. The van der Waals surface area contributed by atoms with Gasteiger partial charge >= 0.3 is 6.09 Å². The Labute approximate surface area is 235 Å². The van der Waals surface area contributed by atoms with Crippen molar-refractivity contribution < 1.29 is 19.1 Å². The van der Waals surface area contributed by atoms with Crippen LogP contribution in [0.25, 0.3) is 0 Å². The van der Waals surface area contributed by atoms with Crippen LogP contribution in [0.2, 0.25) is 0 Å².